The molecule has 11 heterocycles. The summed E-state index contributed by atoms with van der Waals surface area (Å²) in [6.07, 6.45) is 9.44. The number of methoxy groups -OCH3 is 2. The first-order chi connectivity index (χ1) is 36.5. The number of ketones is 2. The SMILES string of the molecule is COc1cnc(-n2cnc(C)n2)c2[nH]cc(C(=O)C(=O)N3CCN(C4=NC(c5nc(C(N)=O)nn5-c5ncc(OC)c6c(C(=O)C(=O)N7CCN(c8nc9ccccn9n8)CC7)c[nH]c56)Cc5ccccc54)CC3)c12. The van der Waals surface area contributed by atoms with Crippen LogP contribution < -0.4 is 20.1 Å². The lowest BCUT2D eigenvalue weighted by atomic mass is 9.95. The molecule has 26 nitrogen and oxygen atoms in total. The summed E-state index contributed by atoms with van der Waals surface area (Å²) in [5.74, 6) is -1.12. The minimum Gasteiger partial charge on any atom is -0.494 e. The van der Waals surface area contributed by atoms with Gasteiger partial charge in [-0.15, -0.1) is 10.2 Å². The van der Waals surface area contributed by atoms with Crippen molar-refractivity contribution in [2.24, 2.45) is 10.7 Å². The number of benzene rings is 1. The van der Waals surface area contributed by atoms with Crippen LogP contribution in [0.5, 0.6) is 11.5 Å². The third-order valence-corrected chi connectivity index (χ3v) is 13.7. The molecule has 26 heteroatoms. The van der Waals surface area contributed by atoms with Crippen molar-refractivity contribution >= 4 is 68.5 Å². The quantitative estimate of drug-likeness (QED) is 0.123. The number of ether oxygens (including phenoxy) is 2. The highest BCUT2D eigenvalue weighted by Gasteiger charge is 2.36. The van der Waals surface area contributed by atoms with Crippen LogP contribution in [-0.2, 0) is 16.0 Å². The van der Waals surface area contributed by atoms with Crippen LogP contribution in [-0.4, -0.2) is 180 Å². The predicted molar refractivity (Wildman–Crippen MR) is 266 cm³/mol. The molecule has 75 heavy (non-hydrogen) atoms. The van der Waals surface area contributed by atoms with Gasteiger partial charge in [0.1, 0.15) is 35.5 Å². The third kappa shape index (κ3) is 7.89. The molecule has 0 bridgehead atoms. The standard InChI is InChI=1S/C49H45N19O7/c1-26-55-25-67(59-26)45-37-35(32(74-2)23-53-45)29(21-51-37)39(69)47(72)63-14-12-62(13-15-63)43-28-9-5-4-8-27(28)20-31(56-43)44-58-42(41(50)71)60-68(44)46-38-36(33(75-3)24-54-46)30(22-52-38)40(70)48(73)64-16-18-65(19-17-64)49-57-34-10-6-7-11-66(34)61-49/h4-11,21-25,31,51-52H,12-20H2,1-3H3,(H2,50,71). The molecule has 1 unspecified atom stereocenters. The predicted octanol–water partition coefficient (Wildman–Crippen LogP) is 1.67. The molecule has 0 aliphatic carbocycles. The molecule has 12 rings (SSSR count). The maximum atomic E-state index is 14.2. The van der Waals surface area contributed by atoms with Crippen molar-refractivity contribution in [1.82, 2.24) is 78.8 Å². The zero-order chi connectivity index (χ0) is 51.6. The highest BCUT2D eigenvalue weighted by atomic mass is 16.5. The average Bonchev–Trinajstić information content (AvgIpc) is 4.33. The molecular weight excluding hydrogens is 967 g/mol. The summed E-state index contributed by atoms with van der Waals surface area (Å²) in [5, 5.41) is 14.1. The third-order valence-electron chi connectivity index (χ3n) is 13.7. The van der Waals surface area contributed by atoms with E-state index in [1.54, 1.807) is 11.4 Å². The van der Waals surface area contributed by atoms with E-state index in [4.69, 9.17) is 20.2 Å². The molecule has 4 N–H and O–H groups in total. The summed E-state index contributed by atoms with van der Waals surface area (Å²) in [6.45, 7) is 4.14. The molecule has 2 saturated heterocycles. The summed E-state index contributed by atoms with van der Waals surface area (Å²) in [4.78, 5) is 110. The summed E-state index contributed by atoms with van der Waals surface area (Å²) in [5.41, 5.74) is 9.21. The Morgan fingerprint density at radius 3 is 1.92 bits per heavy atom. The average molecular weight is 1010 g/mol. The number of aryl methyl sites for hydroxylation is 1. The number of fused-ring (bicyclic) bond motifs is 4. The minimum atomic E-state index is -0.894. The Kier molecular flexibility index (Phi) is 11.3. The summed E-state index contributed by atoms with van der Waals surface area (Å²) in [6, 6.07) is 12.6. The minimum absolute atomic E-state index is 0.0498. The topological polar surface area (TPSA) is 304 Å². The number of H-pyrrole nitrogens is 2. The molecule has 9 aromatic rings. The van der Waals surface area contributed by atoms with Gasteiger partial charge in [0.25, 0.3) is 29.3 Å². The molecule has 378 valence electrons. The second-order valence-corrected chi connectivity index (χ2v) is 18.0. The van der Waals surface area contributed by atoms with Gasteiger partial charge in [-0.3, -0.25) is 29.0 Å². The van der Waals surface area contributed by atoms with Crippen LogP contribution in [0.15, 0.2) is 84.8 Å². The van der Waals surface area contributed by atoms with Crippen LogP contribution in [0.2, 0.25) is 0 Å². The molecule has 2 fully saturated rings. The van der Waals surface area contributed by atoms with E-state index in [2.05, 4.69) is 50.2 Å². The van der Waals surface area contributed by atoms with Gasteiger partial charge in [0.15, 0.2) is 23.1 Å². The van der Waals surface area contributed by atoms with E-state index in [9.17, 15) is 24.0 Å². The number of aliphatic imine (C=N–C) groups is 1. The first-order valence-corrected chi connectivity index (χ1v) is 23.9. The number of carbonyl (C=O) groups is 5. The highest BCUT2D eigenvalue weighted by molar-refractivity contribution is 6.46. The van der Waals surface area contributed by atoms with Crippen molar-refractivity contribution in [3.63, 3.8) is 0 Å². The van der Waals surface area contributed by atoms with E-state index in [1.165, 1.54) is 64.5 Å². The molecule has 3 aliphatic rings. The van der Waals surface area contributed by atoms with Crippen LogP contribution in [0.3, 0.4) is 0 Å². The molecule has 0 saturated carbocycles. The van der Waals surface area contributed by atoms with Gasteiger partial charge in [0, 0.05) is 82.9 Å². The van der Waals surface area contributed by atoms with E-state index >= 15 is 0 Å². The Morgan fingerprint density at radius 2 is 1.31 bits per heavy atom. The molecular formula is C49H45N19O7. The molecule has 0 radical (unpaired) electrons. The lowest BCUT2D eigenvalue weighted by Crippen LogP contribution is -2.52. The molecule has 1 atom stereocenters. The number of nitrogens with one attached hydrogen (secondary N) is 2. The van der Waals surface area contributed by atoms with Crippen molar-refractivity contribution in [2.45, 2.75) is 19.4 Å². The molecule has 1 aromatic carbocycles. The number of anilines is 1. The van der Waals surface area contributed by atoms with Crippen molar-refractivity contribution in [2.75, 3.05) is 71.5 Å². The number of hydrogen-bond acceptors (Lipinski definition) is 18. The number of pyridine rings is 3. The van der Waals surface area contributed by atoms with E-state index < -0.39 is 35.3 Å². The normalized spacial score (nSPS) is 15.9. The van der Waals surface area contributed by atoms with Gasteiger partial charge in [-0.2, -0.15) is 14.8 Å². The fraction of sp³-hybridized carbons (Fsp3) is 0.265. The van der Waals surface area contributed by atoms with Crippen LogP contribution in [0.1, 0.15) is 60.2 Å². The Labute approximate surface area is 423 Å². The van der Waals surface area contributed by atoms with E-state index in [0.717, 1.165) is 11.1 Å². The Morgan fingerprint density at radius 1 is 0.693 bits per heavy atom. The Bertz CT molecular complexity index is 3800. The fourth-order valence-corrected chi connectivity index (χ4v) is 9.95. The number of aromatic amines is 2. The van der Waals surface area contributed by atoms with E-state index in [0.29, 0.717) is 78.3 Å². The van der Waals surface area contributed by atoms with Crippen LogP contribution in [0, 0.1) is 6.92 Å². The monoisotopic (exact) mass is 1010 g/mol. The van der Waals surface area contributed by atoms with Gasteiger partial charge in [0.2, 0.25) is 11.8 Å². The van der Waals surface area contributed by atoms with Gasteiger partial charge in [-0.1, -0.05) is 30.3 Å². The van der Waals surface area contributed by atoms with Gasteiger partial charge >= 0.3 is 0 Å². The van der Waals surface area contributed by atoms with Crippen LogP contribution >= 0.6 is 0 Å². The molecule has 3 amide bonds. The van der Waals surface area contributed by atoms with Gasteiger partial charge in [0.05, 0.1) is 59.5 Å². The molecule has 8 aromatic heterocycles. The van der Waals surface area contributed by atoms with Crippen molar-refractivity contribution < 1.29 is 33.4 Å². The lowest BCUT2D eigenvalue weighted by molar-refractivity contribution is -0.127. The summed E-state index contributed by atoms with van der Waals surface area (Å²) >= 11 is 0. The van der Waals surface area contributed by atoms with Gasteiger partial charge in [-0.05, 0) is 24.6 Å². The van der Waals surface area contributed by atoms with Crippen LogP contribution in [0.4, 0.5) is 5.95 Å². The zero-order valence-electron chi connectivity index (χ0n) is 40.5. The van der Waals surface area contributed by atoms with Crippen LogP contribution in [0.25, 0.3) is 39.1 Å². The number of Topliss-reactive ketones (excluding diaryl/α,β-unsaturated/α-hetero) is 2. The molecule has 0 spiro atoms. The number of primary amides is 1. The van der Waals surface area contributed by atoms with Crippen molar-refractivity contribution in [3.05, 3.63) is 120 Å². The second kappa shape index (κ2) is 18.3. The number of piperazine rings is 2. The van der Waals surface area contributed by atoms with E-state index in [-0.39, 0.29) is 71.4 Å². The van der Waals surface area contributed by atoms with Gasteiger partial charge < -0.3 is 44.8 Å². The maximum Gasteiger partial charge on any atom is 0.295 e. The lowest BCUT2D eigenvalue weighted by Gasteiger charge is -2.38. The van der Waals surface area contributed by atoms with E-state index in [1.807, 2.05) is 58.5 Å². The summed E-state index contributed by atoms with van der Waals surface area (Å²) < 4.78 is 15.8. The smallest absolute Gasteiger partial charge is 0.295 e. The van der Waals surface area contributed by atoms with Crippen molar-refractivity contribution in [3.8, 4) is 23.1 Å². The summed E-state index contributed by atoms with van der Waals surface area (Å²) in [7, 11) is 2.89. The number of hydrogen-bond donors (Lipinski definition) is 3. The molecule has 3 aliphatic heterocycles. The fourth-order valence-electron chi connectivity index (χ4n) is 9.95. The second-order valence-electron chi connectivity index (χ2n) is 18.0. The number of carbonyl (C=O) groups excluding carboxylic acids is 5. The number of amides is 3. The number of amidine groups is 1. The number of nitrogens with zero attached hydrogens (tertiary/aromatic N) is 16. The zero-order valence-corrected chi connectivity index (χ0v) is 40.5. The first-order valence-electron chi connectivity index (χ1n) is 23.9. The van der Waals surface area contributed by atoms with Crippen molar-refractivity contribution in [1.29, 1.82) is 0 Å². The van der Waals surface area contributed by atoms with Gasteiger partial charge in [-0.25, -0.2) is 29.1 Å². The largest absolute Gasteiger partial charge is 0.494 e. The number of aromatic nitrogens is 13. The number of nitrogens with two attached hydrogens (primary N) is 1. The highest BCUT2D eigenvalue weighted by Crippen LogP contribution is 2.37. The first kappa shape index (κ1) is 46.2. The maximum absolute atomic E-state index is 14.2. The number of rotatable bonds is 11. The Hall–Kier alpha value is -9.88. The Balaban J connectivity index is 0.807.